The van der Waals surface area contributed by atoms with Gasteiger partial charge in [-0.1, -0.05) is 22.0 Å². The van der Waals surface area contributed by atoms with Crippen LogP contribution in [0.2, 0.25) is 0 Å². The second kappa shape index (κ2) is 5.96. The van der Waals surface area contributed by atoms with Crippen LogP contribution in [0.3, 0.4) is 0 Å². The van der Waals surface area contributed by atoms with Crippen molar-refractivity contribution in [1.82, 2.24) is 0 Å². The predicted molar refractivity (Wildman–Crippen MR) is 84.2 cm³/mol. The molecule has 0 aliphatic rings. The second-order valence-electron chi connectivity index (χ2n) is 4.37. The molecular weight excluding hydrogens is 320 g/mol. The molecule has 0 fully saturated rings. The summed E-state index contributed by atoms with van der Waals surface area (Å²) < 4.78 is 6.09. The first kappa shape index (κ1) is 14.4. The minimum Gasteiger partial charge on any atom is -0.496 e. The summed E-state index contributed by atoms with van der Waals surface area (Å²) >= 11 is 3.39. The number of hydrogen-bond donors (Lipinski definition) is 2. The molecule has 0 spiro atoms. The Morgan fingerprint density at radius 1 is 1.25 bits per heavy atom. The van der Waals surface area contributed by atoms with E-state index in [1.165, 1.54) is 7.11 Å². The third-order valence-electron chi connectivity index (χ3n) is 2.92. The average molecular weight is 335 g/mol. The molecule has 3 N–H and O–H groups in total. The Bertz CT molecular complexity index is 656. The molecule has 2 aromatic rings. The fraction of sp³-hybridized carbons (Fsp3) is 0.133. The minimum absolute atomic E-state index is 0.233. The molecule has 0 saturated heterocycles. The molecule has 0 aliphatic heterocycles. The van der Waals surface area contributed by atoms with Crippen LogP contribution in [-0.2, 0) is 0 Å². The summed E-state index contributed by atoms with van der Waals surface area (Å²) in [5.41, 5.74) is 8.42. The lowest BCUT2D eigenvalue weighted by Crippen LogP contribution is -2.14. The zero-order valence-electron chi connectivity index (χ0n) is 11.2. The number of methoxy groups -OCH3 is 1. The normalized spacial score (nSPS) is 10.2. The highest BCUT2D eigenvalue weighted by Gasteiger charge is 2.13. The van der Waals surface area contributed by atoms with Crippen LogP contribution < -0.4 is 15.8 Å². The molecule has 0 radical (unpaired) electrons. The lowest BCUT2D eigenvalue weighted by Gasteiger charge is -2.12. The molecule has 104 valence electrons. The van der Waals surface area contributed by atoms with Crippen LogP contribution in [0.5, 0.6) is 5.75 Å². The number of anilines is 2. The van der Waals surface area contributed by atoms with E-state index in [0.29, 0.717) is 17.0 Å². The third kappa shape index (κ3) is 3.11. The number of rotatable bonds is 3. The summed E-state index contributed by atoms with van der Waals surface area (Å²) in [5, 5.41) is 2.87. The maximum absolute atomic E-state index is 12.3. The topological polar surface area (TPSA) is 64.3 Å². The van der Waals surface area contributed by atoms with Gasteiger partial charge < -0.3 is 15.8 Å². The molecule has 0 unspecified atom stereocenters. The number of carbonyl (C=O) groups excluding carboxylic acids is 1. The van der Waals surface area contributed by atoms with E-state index in [1.54, 1.807) is 18.2 Å². The van der Waals surface area contributed by atoms with Gasteiger partial charge in [-0.3, -0.25) is 4.79 Å². The summed E-state index contributed by atoms with van der Waals surface area (Å²) in [4.78, 5) is 12.3. The molecule has 5 heteroatoms. The van der Waals surface area contributed by atoms with Crippen molar-refractivity contribution in [3.63, 3.8) is 0 Å². The first-order valence-electron chi connectivity index (χ1n) is 6.02. The summed E-state index contributed by atoms with van der Waals surface area (Å²) in [6, 6.07) is 10.7. The van der Waals surface area contributed by atoms with Gasteiger partial charge in [0.1, 0.15) is 5.75 Å². The van der Waals surface area contributed by atoms with Crippen LogP contribution in [-0.4, -0.2) is 13.0 Å². The average Bonchev–Trinajstić information content (AvgIpc) is 2.42. The van der Waals surface area contributed by atoms with Gasteiger partial charge in [-0.2, -0.15) is 0 Å². The van der Waals surface area contributed by atoms with Gasteiger partial charge in [0.25, 0.3) is 5.91 Å². The van der Waals surface area contributed by atoms with Crippen molar-refractivity contribution >= 4 is 33.2 Å². The number of carbonyl (C=O) groups is 1. The minimum atomic E-state index is -0.233. The van der Waals surface area contributed by atoms with Crippen LogP contribution in [0.25, 0.3) is 0 Å². The third-order valence-corrected chi connectivity index (χ3v) is 3.41. The molecule has 0 atom stereocenters. The highest BCUT2D eigenvalue weighted by atomic mass is 79.9. The van der Waals surface area contributed by atoms with Crippen LogP contribution >= 0.6 is 15.9 Å². The van der Waals surface area contributed by atoms with Gasteiger partial charge in [-0.25, -0.2) is 0 Å². The fourth-order valence-electron chi connectivity index (χ4n) is 1.81. The SMILES string of the molecule is COc1cc(N)ccc1C(=O)Nc1cc(Br)ccc1C. The maximum atomic E-state index is 12.3. The van der Waals surface area contributed by atoms with E-state index in [9.17, 15) is 4.79 Å². The van der Waals surface area contributed by atoms with Gasteiger partial charge in [0.05, 0.1) is 12.7 Å². The monoisotopic (exact) mass is 334 g/mol. The number of nitrogens with one attached hydrogen (secondary N) is 1. The van der Waals surface area contributed by atoms with Crippen LogP contribution in [0, 0.1) is 6.92 Å². The number of aryl methyl sites for hydroxylation is 1. The van der Waals surface area contributed by atoms with E-state index in [-0.39, 0.29) is 5.91 Å². The summed E-state index contributed by atoms with van der Waals surface area (Å²) in [6.07, 6.45) is 0. The number of benzene rings is 2. The number of halogens is 1. The number of nitrogens with two attached hydrogens (primary N) is 1. The largest absolute Gasteiger partial charge is 0.496 e. The van der Waals surface area contributed by atoms with Gasteiger partial charge in [0, 0.05) is 21.9 Å². The standard InChI is InChI=1S/C15H15BrN2O2/c1-9-3-4-10(16)7-13(9)18-15(19)12-6-5-11(17)8-14(12)20-2/h3-8H,17H2,1-2H3,(H,18,19). The second-order valence-corrected chi connectivity index (χ2v) is 5.29. The van der Waals surface area contributed by atoms with Crippen molar-refractivity contribution < 1.29 is 9.53 Å². The highest BCUT2D eigenvalue weighted by Crippen LogP contribution is 2.25. The van der Waals surface area contributed by atoms with Gasteiger partial charge in [-0.15, -0.1) is 0 Å². The van der Waals surface area contributed by atoms with Crippen molar-refractivity contribution in [3.05, 3.63) is 52.0 Å². The van der Waals surface area contributed by atoms with Gasteiger partial charge in [0.2, 0.25) is 0 Å². The number of nitrogen functional groups attached to an aromatic ring is 1. The molecular formula is C15H15BrN2O2. The van der Waals surface area contributed by atoms with Crippen molar-refractivity contribution in [2.45, 2.75) is 6.92 Å². The Labute approximate surface area is 126 Å². The quantitative estimate of drug-likeness (QED) is 0.843. The Morgan fingerprint density at radius 3 is 2.70 bits per heavy atom. The van der Waals surface area contributed by atoms with E-state index < -0.39 is 0 Å². The zero-order chi connectivity index (χ0) is 14.7. The van der Waals surface area contributed by atoms with Crippen LogP contribution in [0.15, 0.2) is 40.9 Å². The maximum Gasteiger partial charge on any atom is 0.259 e. The molecule has 4 nitrogen and oxygen atoms in total. The van der Waals surface area contributed by atoms with Crippen molar-refractivity contribution in [2.24, 2.45) is 0 Å². The summed E-state index contributed by atoms with van der Waals surface area (Å²) in [5.74, 6) is 0.221. The lowest BCUT2D eigenvalue weighted by molar-refractivity contribution is 0.102. The first-order valence-corrected chi connectivity index (χ1v) is 6.81. The van der Waals surface area contributed by atoms with Crippen LogP contribution in [0.1, 0.15) is 15.9 Å². The van der Waals surface area contributed by atoms with Crippen molar-refractivity contribution in [3.8, 4) is 5.75 Å². The summed E-state index contributed by atoms with van der Waals surface area (Å²) in [6.45, 7) is 1.93. The Kier molecular flexibility index (Phi) is 4.29. The molecule has 0 aromatic heterocycles. The Hall–Kier alpha value is -2.01. The van der Waals surface area contributed by atoms with E-state index in [2.05, 4.69) is 21.2 Å². The molecule has 0 saturated carbocycles. The Morgan fingerprint density at radius 2 is 2.00 bits per heavy atom. The first-order chi connectivity index (χ1) is 9.51. The lowest BCUT2D eigenvalue weighted by atomic mass is 10.1. The van der Waals surface area contributed by atoms with E-state index in [4.69, 9.17) is 10.5 Å². The molecule has 1 amide bonds. The van der Waals surface area contributed by atoms with E-state index in [0.717, 1.165) is 15.7 Å². The van der Waals surface area contributed by atoms with Crippen molar-refractivity contribution in [1.29, 1.82) is 0 Å². The molecule has 0 bridgehead atoms. The molecule has 0 aliphatic carbocycles. The highest BCUT2D eigenvalue weighted by molar-refractivity contribution is 9.10. The zero-order valence-corrected chi connectivity index (χ0v) is 12.8. The van der Waals surface area contributed by atoms with Gasteiger partial charge >= 0.3 is 0 Å². The number of amides is 1. The summed E-state index contributed by atoms with van der Waals surface area (Å²) in [7, 11) is 1.51. The Balaban J connectivity index is 2.30. The molecule has 0 heterocycles. The van der Waals surface area contributed by atoms with Crippen molar-refractivity contribution in [2.75, 3.05) is 18.2 Å². The van der Waals surface area contributed by atoms with E-state index >= 15 is 0 Å². The predicted octanol–water partition coefficient (Wildman–Crippen LogP) is 3.60. The van der Waals surface area contributed by atoms with E-state index in [1.807, 2.05) is 25.1 Å². The molecule has 2 aromatic carbocycles. The van der Waals surface area contributed by atoms with Gasteiger partial charge in [0.15, 0.2) is 0 Å². The number of ether oxygens (including phenoxy) is 1. The van der Waals surface area contributed by atoms with Gasteiger partial charge in [-0.05, 0) is 36.8 Å². The van der Waals surface area contributed by atoms with Crippen LogP contribution in [0.4, 0.5) is 11.4 Å². The fourth-order valence-corrected chi connectivity index (χ4v) is 2.18. The molecule has 2 rings (SSSR count). The molecule has 20 heavy (non-hydrogen) atoms. The smallest absolute Gasteiger partial charge is 0.259 e. The number of hydrogen-bond acceptors (Lipinski definition) is 3.